The summed E-state index contributed by atoms with van der Waals surface area (Å²) in [7, 11) is 0. The maximum Gasteiger partial charge on any atom is 0.266 e. The number of carbonyl (C=O) groups is 1. The molecule has 24 heavy (non-hydrogen) atoms. The molecule has 1 aliphatic rings. The minimum atomic E-state index is -0.513. The minimum Gasteiger partial charge on any atom is -0.364 e. The van der Waals surface area contributed by atoms with Crippen molar-refractivity contribution in [1.82, 2.24) is 9.80 Å². The largest absolute Gasteiger partial charge is 0.364 e. The van der Waals surface area contributed by atoms with Crippen LogP contribution in [0.25, 0.3) is 0 Å². The van der Waals surface area contributed by atoms with Gasteiger partial charge in [0.25, 0.3) is 5.91 Å². The van der Waals surface area contributed by atoms with E-state index in [1.165, 1.54) is 6.07 Å². The van der Waals surface area contributed by atoms with Crippen molar-refractivity contribution in [2.24, 2.45) is 5.73 Å². The number of carbonyl (C=O) groups excluding carboxylic acids is 1. The van der Waals surface area contributed by atoms with Gasteiger partial charge < -0.3 is 10.6 Å². The van der Waals surface area contributed by atoms with Gasteiger partial charge in [-0.3, -0.25) is 9.69 Å². The van der Waals surface area contributed by atoms with Crippen molar-refractivity contribution in [3.63, 3.8) is 0 Å². The lowest BCUT2D eigenvalue weighted by atomic mass is 10.1. The third-order valence-electron chi connectivity index (χ3n) is 4.16. The summed E-state index contributed by atoms with van der Waals surface area (Å²) in [5.74, 6) is -0.725. The molecule has 1 aromatic rings. The molecule has 2 N–H and O–H groups in total. The molecule has 0 spiro atoms. The van der Waals surface area contributed by atoms with Gasteiger partial charge in [-0.2, -0.15) is 0 Å². The molecule has 2 rings (SSSR count). The Labute approximate surface area is 147 Å². The highest BCUT2D eigenvalue weighted by Crippen LogP contribution is 2.19. The SMILES string of the molecule is C/C=C/C(Cl)=C(\C(N)=O)N1CCN(Cc2ccc(F)cc2C)CC1. The van der Waals surface area contributed by atoms with E-state index in [9.17, 15) is 9.18 Å². The Morgan fingerprint density at radius 3 is 2.54 bits per heavy atom. The highest BCUT2D eigenvalue weighted by molar-refractivity contribution is 6.33. The predicted octanol–water partition coefficient (Wildman–Crippen LogP) is 2.76. The van der Waals surface area contributed by atoms with Crippen molar-refractivity contribution < 1.29 is 9.18 Å². The molecular formula is C18H23ClFN3O. The minimum absolute atomic E-state index is 0.212. The first-order valence-corrected chi connectivity index (χ1v) is 8.34. The van der Waals surface area contributed by atoms with Gasteiger partial charge >= 0.3 is 0 Å². The third kappa shape index (κ3) is 4.58. The zero-order valence-corrected chi connectivity index (χ0v) is 14.8. The van der Waals surface area contributed by atoms with Gasteiger partial charge in [0.05, 0.1) is 5.03 Å². The van der Waals surface area contributed by atoms with E-state index < -0.39 is 5.91 Å². The van der Waals surface area contributed by atoms with Crippen LogP contribution in [0.2, 0.25) is 0 Å². The molecule has 0 bridgehead atoms. The number of nitrogens with two attached hydrogens (primary N) is 1. The number of allylic oxidation sites excluding steroid dienone is 3. The topological polar surface area (TPSA) is 49.6 Å². The van der Waals surface area contributed by atoms with Crippen LogP contribution in [0.1, 0.15) is 18.1 Å². The van der Waals surface area contributed by atoms with Crippen LogP contribution in [0.5, 0.6) is 0 Å². The summed E-state index contributed by atoms with van der Waals surface area (Å²) in [5, 5.41) is 0.368. The van der Waals surface area contributed by atoms with Crippen LogP contribution in [0.3, 0.4) is 0 Å². The number of nitrogens with zero attached hydrogens (tertiary/aromatic N) is 2. The molecule has 4 nitrogen and oxygen atoms in total. The first kappa shape index (κ1) is 18.5. The van der Waals surface area contributed by atoms with Gasteiger partial charge in [-0.05, 0) is 43.2 Å². The van der Waals surface area contributed by atoms with Crippen molar-refractivity contribution in [1.29, 1.82) is 0 Å². The Balaban J connectivity index is 2.02. The number of hydrogen-bond acceptors (Lipinski definition) is 3. The maximum absolute atomic E-state index is 13.2. The molecular weight excluding hydrogens is 329 g/mol. The number of piperazine rings is 1. The van der Waals surface area contributed by atoms with Crippen LogP contribution < -0.4 is 5.73 Å². The number of hydrogen-bond donors (Lipinski definition) is 1. The molecule has 130 valence electrons. The Morgan fingerprint density at radius 1 is 1.33 bits per heavy atom. The highest BCUT2D eigenvalue weighted by atomic mass is 35.5. The molecule has 1 aliphatic heterocycles. The monoisotopic (exact) mass is 351 g/mol. The Morgan fingerprint density at radius 2 is 2.00 bits per heavy atom. The van der Waals surface area contributed by atoms with E-state index in [0.29, 0.717) is 23.8 Å². The number of aryl methyl sites for hydroxylation is 1. The summed E-state index contributed by atoms with van der Waals surface area (Å²) in [5.41, 5.74) is 7.92. The average molecular weight is 352 g/mol. The van der Waals surface area contributed by atoms with Gasteiger partial charge in [0.2, 0.25) is 0 Å². The molecule has 1 fully saturated rings. The highest BCUT2D eigenvalue weighted by Gasteiger charge is 2.23. The van der Waals surface area contributed by atoms with Gasteiger partial charge in [-0.1, -0.05) is 23.7 Å². The van der Waals surface area contributed by atoms with E-state index in [0.717, 1.165) is 30.8 Å². The Hall–Kier alpha value is -1.85. The van der Waals surface area contributed by atoms with E-state index in [1.807, 2.05) is 24.8 Å². The summed E-state index contributed by atoms with van der Waals surface area (Å²) in [6.07, 6.45) is 3.45. The molecule has 0 aliphatic carbocycles. The van der Waals surface area contributed by atoms with Crippen molar-refractivity contribution >= 4 is 17.5 Å². The molecule has 1 aromatic carbocycles. The van der Waals surface area contributed by atoms with E-state index in [4.69, 9.17) is 17.3 Å². The fraction of sp³-hybridized carbons (Fsp3) is 0.389. The molecule has 1 heterocycles. The summed E-state index contributed by atoms with van der Waals surface area (Å²) < 4.78 is 13.2. The van der Waals surface area contributed by atoms with Crippen molar-refractivity contribution in [3.05, 3.63) is 58.0 Å². The number of amides is 1. The first-order valence-electron chi connectivity index (χ1n) is 7.97. The van der Waals surface area contributed by atoms with Gasteiger partial charge in [0.1, 0.15) is 11.5 Å². The smallest absolute Gasteiger partial charge is 0.266 e. The van der Waals surface area contributed by atoms with Crippen LogP contribution in [0, 0.1) is 12.7 Å². The molecule has 0 radical (unpaired) electrons. The van der Waals surface area contributed by atoms with Gasteiger partial charge in [0, 0.05) is 32.7 Å². The second kappa shape index (κ2) is 8.31. The van der Waals surface area contributed by atoms with E-state index in [2.05, 4.69) is 4.90 Å². The lowest BCUT2D eigenvalue weighted by Crippen LogP contribution is -2.47. The fourth-order valence-corrected chi connectivity index (χ4v) is 3.20. The summed E-state index contributed by atoms with van der Waals surface area (Å²) >= 11 is 6.18. The maximum atomic E-state index is 13.2. The van der Waals surface area contributed by atoms with E-state index >= 15 is 0 Å². The number of halogens is 2. The number of rotatable bonds is 5. The van der Waals surface area contributed by atoms with E-state index in [-0.39, 0.29) is 5.82 Å². The van der Waals surface area contributed by atoms with Gasteiger partial charge in [-0.15, -0.1) is 0 Å². The second-order valence-electron chi connectivity index (χ2n) is 5.89. The molecule has 0 saturated carbocycles. The first-order chi connectivity index (χ1) is 11.4. The molecule has 0 aromatic heterocycles. The third-order valence-corrected chi connectivity index (χ3v) is 4.46. The fourth-order valence-electron chi connectivity index (χ4n) is 2.86. The molecule has 6 heteroatoms. The lowest BCUT2D eigenvalue weighted by Gasteiger charge is -2.36. The van der Waals surface area contributed by atoms with Crippen LogP contribution in [-0.2, 0) is 11.3 Å². The van der Waals surface area contributed by atoms with Gasteiger partial charge in [-0.25, -0.2) is 4.39 Å². The summed E-state index contributed by atoms with van der Waals surface area (Å²) in [6, 6.07) is 4.87. The van der Waals surface area contributed by atoms with Crippen molar-refractivity contribution in [2.75, 3.05) is 26.2 Å². The molecule has 1 amide bonds. The average Bonchev–Trinajstić information content (AvgIpc) is 2.52. The zero-order valence-electron chi connectivity index (χ0n) is 14.1. The standard InChI is InChI=1S/C18H23ClFN3O/c1-3-4-16(19)17(18(21)24)23-9-7-22(8-10-23)12-14-5-6-15(20)11-13(14)2/h3-6,11H,7-10,12H2,1-2H3,(H2,21,24)/b4-3+,17-16-. The summed E-state index contributed by atoms with van der Waals surface area (Å²) in [6.45, 7) is 7.43. The van der Waals surface area contributed by atoms with Crippen molar-refractivity contribution in [3.8, 4) is 0 Å². The van der Waals surface area contributed by atoms with E-state index in [1.54, 1.807) is 18.2 Å². The number of benzene rings is 1. The number of primary amides is 1. The zero-order chi connectivity index (χ0) is 17.7. The summed E-state index contributed by atoms with van der Waals surface area (Å²) in [4.78, 5) is 15.9. The predicted molar refractivity (Wildman–Crippen MR) is 94.9 cm³/mol. The normalized spacial score (nSPS) is 17.2. The van der Waals surface area contributed by atoms with Crippen LogP contribution in [-0.4, -0.2) is 41.9 Å². The molecule has 0 atom stereocenters. The molecule has 0 unspecified atom stereocenters. The van der Waals surface area contributed by atoms with Crippen molar-refractivity contribution in [2.45, 2.75) is 20.4 Å². The van der Waals surface area contributed by atoms with Crippen LogP contribution in [0.4, 0.5) is 4.39 Å². The Kier molecular flexibility index (Phi) is 6.40. The van der Waals surface area contributed by atoms with Crippen LogP contribution >= 0.6 is 11.6 Å². The Bertz CT molecular complexity index is 664. The quantitative estimate of drug-likeness (QED) is 0.655. The molecule has 1 saturated heterocycles. The second-order valence-corrected chi connectivity index (χ2v) is 6.30. The van der Waals surface area contributed by atoms with Gasteiger partial charge in [0.15, 0.2) is 0 Å². The lowest BCUT2D eigenvalue weighted by molar-refractivity contribution is -0.116. The van der Waals surface area contributed by atoms with Crippen LogP contribution in [0.15, 0.2) is 41.1 Å².